The molecule has 0 aliphatic heterocycles. The molecule has 0 unspecified atom stereocenters. The maximum absolute atomic E-state index is 11.9. The number of aryl methyl sites for hydroxylation is 1. The van der Waals surface area contributed by atoms with Crippen LogP contribution in [0, 0.1) is 6.92 Å². The van der Waals surface area contributed by atoms with Crippen molar-refractivity contribution >= 4 is 23.5 Å². The first-order valence-electron chi connectivity index (χ1n) is 7.79. The van der Waals surface area contributed by atoms with Crippen LogP contribution in [0.25, 0.3) is 0 Å². The lowest BCUT2D eigenvalue weighted by atomic mass is 10.1. The lowest BCUT2D eigenvalue weighted by Crippen LogP contribution is -2.33. The molecule has 2 amide bonds. The van der Waals surface area contributed by atoms with Crippen LogP contribution in [0.2, 0.25) is 0 Å². The minimum atomic E-state index is -0.443. The summed E-state index contributed by atoms with van der Waals surface area (Å²) in [5.74, 6) is -1.00. The summed E-state index contributed by atoms with van der Waals surface area (Å²) in [6.45, 7) is 1.82. The van der Waals surface area contributed by atoms with Crippen LogP contribution >= 0.6 is 0 Å². The molecule has 0 aliphatic carbocycles. The van der Waals surface area contributed by atoms with Crippen molar-refractivity contribution in [3.8, 4) is 0 Å². The first-order chi connectivity index (χ1) is 12.0. The number of anilines is 1. The smallest absolute Gasteiger partial charge is 0.337 e. The number of benzene rings is 2. The van der Waals surface area contributed by atoms with Gasteiger partial charge in [-0.05, 0) is 42.3 Å². The Kier molecular flexibility index (Phi) is 6.28. The first kappa shape index (κ1) is 18.2. The Hall–Kier alpha value is -3.15. The van der Waals surface area contributed by atoms with E-state index in [0.717, 1.165) is 11.1 Å². The standard InChI is InChI=1S/C19H20N2O4/c1-13-5-3-4-6-15(13)11-17(22)20-12-18(23)21-16-9-7-14(8-10-16)19(24)25-2/h3-10H,11-12H2,1-2H3,(H,20,22)(H,21,23). The molecule has 25 heavy (non-hydrogen) atoms. The molecule has 0 radical (unpaired) electrons. The minimum absolute atomic E-state index is 0.122. The highest BCUT2D eigenvalue weighted by atomic mass is 16.5. The average Bonchev–Trinajstić information content (AvgIpc) is 2.62. The van der Waals surface area contributed by atoms with E-state index >= 15 is 0 Å². The molecule has 0 heterocycles. The van der Waals surface area contributed by atoms with Crippen molar-refractivity contribution in [1.82, 2.24) is 5.32 Å². The molecule has 0 atom stereocenters. The van der Waals surface area contributed by atoms with Crippen molar-refractivity contribution < 1.29 is 19.1 Å². The van der Waals surface area contributed by atoms with Crippen LogP contribution in [0.15, 0.2) is 48.5 Å². The second kappa shape index (κ2) is 8.63. The largest absolute Gasteiger partial charge is 0.465 e. The first-order valence-corrected chi connectivity index (χ1v) is 7.79. The summed E-state index contributed by atoms with van der Waals surface area (Å²) in [4.78, 5) is 35.2. The number of nitrogens with one attached hydrogen (secondary N) is 2. The highest BCUT2D eigenvalue weighted by molar-refractivity contribution is 5.95. The van der Waals surface area contributed by atoms with Gasteiger partial charge < -0.3 is 15.4 Å². The van der Waals surface area contributed by atoms with E-state index in [1.165, 1.54) is 7.11 Å². The Balaban J connectivity index is 1.81. The molecule has 0 saturated carbocycles. The zero-order valence-electron chi connectivity index (χ0n) is 14.2. The highest BCUT2D eigenvalue weighted by Crippen LogP contribution is 2.10. The van der Waals surface area contributed by atoms with Crippen molar-refractivity contribution in [2.45, 2.75) is 13.3 Å². The molecule has 0 aliphatic rings. The van der Waals surface area contributed by atoms with Crippen LogP contribution in [0.4, 0.5) is 5.69 Å². The summed E-state index contributed by atoms with van der Waals surface area (Å²) in [5, 5.41) is 5.24. The molecule has 2 aromatic rings. The Labute approximate surface area is 146 Å². The van der Waals surface area contributed by atoms with Crippen molar-refractivity contribution in [2.24, 2.45) is 0 Å². The van der Waals surface area contributed by atoms with Crippen LogP contribution < -0.4 is 10.6 Å². The van der Waals surface area contributed by atoms with E-state index in [2.05, 4.69) is 15.4 Å². The van der Waals surface area contributed by atoms with Gasteiger partial charge in [0, 0.05) is 5.69 Å². The summed E-state index contributed by atoms with van der Waals surface area (Å²) in [5.41, 5.74) is 2.89. The van der Waals surface area contributed by atoms with E-state index < -0.39 is 5.97 Å². The maximum Gasteiger partial charge on any atom is 0.337 e. The summed E-state index contributed by atoms with van der Waals surface area (Å²) >= 11 is 0. The third-order valence-electron chi connectivity index (χ3n) is 3.65. The Morgan fingerprint density at radius 3 is 2.28 bits per heavy atom. The van der Waals surface area contributed by atoms with E-state index in [9.17, 15) is 14.4 Å². The number of amides is 2. The van der Waals surface area contributed by atoms with Crippen molar-refractivity contribution in [3.05, 3.63) is 65.2 Å². The third-order valence-corrected chi connectivity index (χ3v) is 3.65. The van der Waals surface area contributed by atoms with Crippen LogP contribution in [-0.2, 0) is 20.7 Å². The Bertz CT molecular complexity index is 769. The molecule has 0 spiro atoms. The van der Waals surface area contributed by atoms with Gasteiger partial charge in [-0.25, -0.2) is 4.79 Å². The molecule has 0 fully saturated rings. The molecule has 6 nitrogen and oxygen atoms in total. The molecule has 0 aromatic heterocycles. The molecule has 130 valence electrons. The summed E-state index contributed by atoms with van der Waals surface area (Å²) in [6.07, 6.45) is 0.230. The van der Waals surface area contributed by atoms with Gasteiger partial charge >= 0.3 is 5.97 Å². The number of rotatable bonds is 6. The second-order valence-corrected chi connectivity index (χ2v) is 5.50. The topological polar surface area (TPSA) is 84.5 Å². The van der Waals surface area contributed by atoms with Crippen LogP contribution in [0.3, 0.4) is 0 Å². The average molecular weight is 340 g/mol. The fourth-order valence-electron chi connectivity index (χ4n) is 2.24. The summed E-state index contributed by atoms with van der Waals surface area (Å²) in [6, 6.07) is 13.9. The molecule has 0 bridgehead atoms. The predicted octanol–water partition coefficient (Wildman–Crippen LogP) is 2.08. The highest BCUT2D eigenvalue weighted by Gasteiger charge is 2.09. The van der Waals surface area contributed by atoms with Crippen molar-refractivity contribution in [3.63, 3.8) is 0 Å². The number of ether oxygens (including phenoxy) is 1. The van der Waals surface area contributed by atoms with E-state index in [0.29, 0.717) is 11.3 Å². The Morgan fingerprint density at radius 2 is 1.64 bits per heavy atom. The monoisotopic (exact) mass is 340 g/mol. The SMILES string of the molecule is COC(=O)c1ccc(NC(=O)CNC(=O)Cc2ccccc2C)cc1. The summed E-state index contributed by atoms with van der Waals surface area (Å²) in [7, 11) is 1.30. The fourth-order valence-corrected chi connectivity index (χ4v) is 2.24. The van der Waals surface area contributed by atoms with Crippen molar-refractivity contribution in [1.29, 1.82) is 0 Å². The molecule has 0 saturated heterocycles. The number of esters is 1. The lowest BCUT2D eigenvalue weighted by Gasteiger charge is -2.08. The Morgan fingerprint density at radius 1 is 0.960 bits per heavy atom. The zero-order chi connectivity index (χ0) is 18.2. The van der Waals surface area contributed by atoms with Gasteiger partial charge in [-0.3, -0.25) is 9.59 Å². The third kappa shape index (κ3) is 5.46. The van der Waals surface area contributed by atoms with Crippen molar-refractivity contribution in [2.75, 3.05) is 19.0 Å². The van der Waals surface area contributed by atoms with Gasteiger partial charge in [-0.2, -0.15) is 0 Å². The van der Waals surface area contributed by atoms with Crippen LogP contribution in [-0.4, -0.2) is 31.4 Å². The van der Waals surface area contributed by atoms with Gasteiger partial charge in [-0.1, -0.05) is 24.3 Å². The molecular formula is C19H20N2O4. The van der Waals surface area contributed by atoms with Gasteiger partial charge in [0.2, 0.25) is 11.8 Å². The van der Waals surface area contributed by atoms with Crippen LogP contribution in [0.5, 0.6) is 0 Å². The number of methoxy groups -OCH3 is 1. The maximum atomic E-state index is 11.9. The van der Waals surface area contributed by atoms with Gasteiger partial charge in [-0.15, -0.1) is 0 Å². The number of carbonyl (C=O) groups is 3. The van der Waals surface area contributed by atoms with Gasteiger partial charge in [0.25, 0.3) is 0 Å². The van der Waals surface area contributed by atoms with Gasteiger partial charge in [0.15, 0.2) is 0 Å². The molecule has 2 N–H and O–H groups in total. The quantitative estimate of drug-likeness (QED) is 0.789. The molecule has 2 rings (SSSR count). The number of carbonyl (C=O) groups excluding carboxylic acids is 3. The van der Waals surface area contributed by atoms with E-state index in [4.69, 9.17) is 0 Å². The predicted molar refractivity (Wildman–Crippen MR) is 94.3 cm³/mol. The summed E-state index contributed by atoms with van der Waals surface area (Å²) < 4.78 is 4.61. The molecular weight excluding hydrogens is 320 g/mol. The van der Waals surface area contributed by atoms with E-state index in [-0.39, 0.29) is 24.8 Å². The second-order valence-electron chi connectivity index (χ2n) is 5.50. The van der Waals surface area contributed by atoms with Gasteiger partial charge in [0.05, 0.1) is 25.6 Å². The van der Waals surface area contributed by atoms with E-state index in [1.54, 1.807) is 24.3 Å². The van der Waals surface area contributed by atoms with Crippen LogP contribution in [0.1, 0.15) is 21.5 Å². The normalized spacial score (nSPS) is 10.0. The number of hydrogen-bond acceptors (Lipinski definition) is 4. The fraction of sp³-hybridized carbons (Fsp3) is 0.211. The zero-order valence-corrected chi connectivity index (χ0v) is 14.2. The minimum Gasteiger partial charge on any atom is -0.465 e. The van der Waals surface area contributed by atoms with Gasteiger partial charge in [0.1, 0.15) is 0 Å². The van der Waals surface area contributed by atoms with E-state index in [1.807, 2.05) is 31.2 Å². The number of hydrogen-bond donors (Lipinski definition) is 2. The molecule has 6 heteroatoms. The lowest BCUT2D eigenvalue weighted by molar-refractivity contribution is -0.123. The molecule has 2 aromatic carbocycles.